The van der Waals surface area contributed by atoms with Gasteiger partial charge in [-0.2, -0.15) is 0 Å². The topological polar surface area (TPSA) is 111 Å². The average molecular weight is 503 g/mol. The molecule has 0 radical (unpaired) electrons. The minimum atomic E-state index is -2.13. The minimum absolute atomic E-state index is 0.186. The first kappa shape index (κ1) is 29.3. The molecule has 1 heterocycles. The van der Waals surface area contributed by atoms with Crippen molar-refractivity contribution in [1.29, 1.82) is 0 Å². The maximum absolute atomic E-state index is 14.5. The molecule has 2 atom stereocenters. The molecule has 0 saturated carbocycles. The fourth-order valence-electron chi connectivity index (χ4n) is 2.70. The third-order valence-corrected chi connectivity index (χ3v) is 5.39. The summed E-state index contributed by atoms with van der Waals surface area (Å²) in [4.78, 5) is 51.1. The van der Waals surface area contributed by atoms with Crippen molar-refractivity contribution in [3.63, 3.8) is 0 Å². The number of nitrogens with one attached hydrogen (secondary N) is 1. The van der Waals surface area contributed by atoms with Gasteiger partial charge in [-0.15, -0.1) is 11.3 Å². The molecule has 1 rings (SSSR count). The number of hydrogen-bond donors (Lipinski definition) is 1. The van der Waals surface area contributed by atoms with Gasteiger partial charge in [0.1, 0.15) is 16.6 Å². The Balaban J connectivity index is 3.05. The van der Waals surface area contributed by atoms with E-state index in [2.05, 4.69) is 5.32 Å². The van der Waals surface area contributed by atoms with Crippen LogP contribution in [0.4, 0.5) is 14.2 Å². The molecule has 0 aliphatic rings. The van der Waals surface area contributed by atoms with E-state index in [0.29, 0.717) is 10.6 Å². The summed E-state index contributed by atoms with van der Waals surface area (Å²) in [5, 5.41) is 2.92. The van der Waals surface area contributed by atoms with E-state index in [1.165, 1.54) is 11.9 Å². The monoisotopic (exact) mass is 502 g/mol. The number of aryl methyl sites for hydroxylation is 1. The number of halogens is 1. The lowest BCUT2D eigenvalue weighted by atomic mass is 10.1. The highest BCUT2D eigenvalue weighted by atomic mass is 32.1. The molecule has 0 unspecified atom stereocenters. The number of hydrogen-bond acceptors (Lipinski definition) is 8. The molecule has 1 aromatic rings. The Bertz CT molecular complexity index is 892. The SMILES string of the molecule is Cc1cc(C(=O)N[C@@H](C[C@H](F)C(=O)OC(C)C)C(=O)OC(C)C)sc1N(C)C(=O)OC(C)(C)C. The van der Waals surface area contributed by atoms with Crippen molar-refractivity contribution in [2.45, 2.75) is 91.8 Å². The normalized spacial score (nSPS) is 13.3. The molecule has 1 N–H and O–H groups in total. The van der Waals surface area contributed by atoms with Crippen molar-refractivity contribution in [2.24, 2.45) is 0 Å². The van der Waals surface area contributed by atoms with Gasteiger partial charge >= 0.3 is 18.0 Å². The Morgan fingerprint density at radius 1 is 1.06 bits per heavy atom. The molecule has 9 nitrogen and oxygen atoms in total. The maximum atomic E-state index is 14.5. The second-order valence-corrected chi connectivity index (χ2v) is 10.4. The largest absolute Gasteiger partial charge is 0.461 e. The fourth-order valence-corrected chi connectivity index (χ4v) is 3.72. The lowest BCUT2D eigenvalue weighted by molar-refractivity contribution is -0.155. The number of rotatable bonds is 9. The molecule has 0 aromatic carbocycles. The number of anilines is 1. The molecule has 0 fully saturated rings. The van der Waals surface area contributed by atoms with Crippen LogP contribution in [0, 0.1) is 6.92 Å². The molecule has 0 aliphatic carbocycles. The van der Waals surface area contributed by atoms with Crippen molar-refractivity contribution in [2.75, 3.05) is 11.9 Å². The van der Waals surface area contributed by atoms with E-state index < -0.39 is 60.4 Å². The van der Waals surface area contributed by atoms with Crippen LogP contribution in [0.5, 0.6) is 0 Å². The summed E-state index contributed by atoms with van der Waals surface area (Å²) in [6.07, 6.45) is -4.41. The summed E-state index contributed by atoms with van der Waals surface area (Å²) in [7, 11) is 1.52. The predicted octanol–water partition coefficient (Wildman–Crippen LogP) is 4.16. The van der Waals surface area contributed by atoms with Crippen molar-refractivity contribution in [3.8, 4) is 0 Å². The Kier molecular flexibility index (Phi) is 10.5. The molecular weight excluding hydrogens is 467 g/mol. The highest BCUT2D eigenvalue weighted by molar-refractivity contribution is 7.18. The lowest BCUT2D eigenvalue weighted by Gasteiger charge is -2.24. The quantitative estimate of drug-likeness (QED) is 0.399. The zero-order valence-corrected chi connectivity index (χ0v) is 22.0. The summed E-state index contributed by atoms with van der Waals surface area (Å²) >= 11 is 1.01. The van der Waals surface area contributed by atoms with Crippen molar-refractivity contribution in [3.05, 3.63) is 16.5 Å². The Morgan fingerprint density at radius 2 is 1.59 bits per heavy atom. The lowest BCUT2D eigenvalue weighted by Crippen LogP contribution is -2.45. The van der Waals surface area contributed by atoms with Crippen LogP contribution in [0.1, 0.15) is 70.1 Å². The summed E-state index contributed by atoms with van der Waals surface area (Å²) in [5.41, 5.74) is -0.0611. The Morgan fingerprint density at radius 3 is 2.09 bits per heavy atom. The van der Waals surface area contributed by atoms with Crippen LogP contribution in [-0.2, 0) is 23.8 Å². The van der Waals surface area contributed by atoms with Crippen molar-refractivity contribution < 1.29 is 37.8 Å². The van der Waals surface area contributed by atoms with Crippen LogP contribution < -0.4 is 10.2 Å². The van der Waals surface area contributed by atoms with Crippen molar-refractivity contribution in [1.82, 2.24) is 5.32 Å². The fraction of sp³-hybridized carbons (Fsp3) is 0.652. The molecule has 0 saturated heterocycles. The van der Waals surface area contributed by atoms with E-state index in [1.807, 2.05) is 0 Å². The van der Waals surface area contributed by atoms with E-state index in [-0.39, 0.29) is 4.88 Å². The van der Waals surface area contributed by atoms with Gasteiger partial charge in [0.25, 0.3) is 5.91 Å². The smallest absolute Gasteiger partial charge is 0.415 e. The van der Waals surface area contributed by atoms with Gasteiger partial charge < -0.3 is 19.5 Å². The average Bonchev–Trinajstić information content (AvgIpc) is 3.05. The van der Waals surface area contributed by atoms with Crippen LogP contribution in [-0.4, -0.2) is 61.0 Å². The molecule has 0 spiro atoms. The first-order valence-corrected chi connectivity index (χ1v) is 11.8. The van der Waals surface area contributed by atoms with Crippen LogP contribution in [0.2, 0.25) is 0 Å². The molecule has 192 valence electrons. The van der Waals surface area contributed by atoms with E-state index in [4.69, 9.17) is 14.2 Å². The van der Waals surface area contributed by atoms with Gasteiger partial charge in [-0.25, -0.2) is 18.8 Å². The number of carbonyl (C=O) groups is 4. The second-order valence-electron chi connectivity index (χ2n) is 9.34. The van der Waals surface area contributed by atoms with Crippen LogP contribution >= 0.6 is 11.3 Å². The number of nitrogens with zero attached hydrogens (tertiary/aromatic N) is 1. The Hall–Kier alpha value is -2.69. The number of carbonyl (C=O) groups excluding carboxylic acids is 4. The summed E-state index contributed by atoms with van der Waals surface area (Å²) < 4.78 is 29.8. The van der Waals surface area contributed by atoms with Gasteiger partial charge in [0, 0.05) is 13.5 Å². The highest BCUT2D eigenvalue weighted by Gasteiger charge is 2.32. The zero-order valence-electron chi connectivity index (χ0n) is 21.2. The molecule has 0 bridgehead atoms. The molecular formula is C23H35FN2O7S. The summed E-state index contributed by atoms with van der Waals surface area (Å²) in [6, 6.07) is 0.125. The number of thiophene rings is 1. The van der Waals surface area contributed by atoms with E-state index >= 15 is 0 Å². The van der Waals surface area contributed by atoms with Crippen LogP contribution in [0.15, 0.2) is 6.07 Å². The number of ether oxygens (including phenoxy) is 3. The molecule has 2 amide bonds. The zero-order chi connectivity index (χ0) is 26.4. The molecule has 1 aromatic heterocycles. The Labute approximate surface area is 203 Å². The number of alkyl halides is 1. The first-order chi connectivity index (χ1) is 15.5. The third-order valence-electron chi connectivity index (χ3n) is 4.08. The van der Waals surface area contributed by atoms with Gasteiger partial charge in [0.2, 0.25) is 0 Å². The van der Waals surface area contributed by atoms with Crippen LogP contribution in [0.3, 0.4) is 0 Å². The standard InChI is InChI=1S/C23H35FN2O7S/c1-12(2)31-20(28)15(24)11-16(21(29)32-13(3)4)25-18(27)17-10-14(5)19(34-17)26(9)22(30)33-23(6,7)8/h10,12-13,15-16H,11H2,1-9H3,(H,25,27)/t15-,16-/m0/s1. The third kappa shape index (κ3) is 9.28. The van der Waals surface area contributed by atoms with Crippen molar-refractivity contribution >= 4 is 40.3 Å². The second kappa shape index (κ2) is 12.1. The first-order valence-electron chi connectivity index (χ1n) is 10.9. The van der Waals surface area contributed by atoms with Gasteiger partial charge in [0.05, 0.1) is 17.1 Å². The van der Waals surface area contributed by atoms with Crippen LogP contribution in [0.25, 0.3) is 0 Å². The summed E-state index contributed by atoms with van der Waals surface area (Å²) in [5.74, 6) is -2.67. The van der Waals surface area contributed by atoms with E-state index in [1.54, 1.807) is 61.5 Å². The molecule has 0 aliphatic heterocycles. The van der Waals surface area contributed by atoms with Gasteiger partial charge in [-0.1, -0.05) is 0 Å². The van der Waals surface area contributed by atoms with Gasteiger partial charge in [-0.05, 0) is 67.0 Å². The predicted molar refractivity (Wildman–Crippen MR) is 127 cm³/mol. The maximum Gasteiger partial charge on any atom is 0.415 e. The van der Waals surface area contributed by atoms with E-state index in [9.17, 15) is 23.6 Å². The number of amides is 2. The number of esters is 2. The highest BCUT2D eigenvalue weighted by Crippen LogP contribution is 2.31. The van der Waals surface area contributed by atoms with E-state index in [0.717, 1.165) is 11.3 Å². The van der Waals surface area contributed by atoms with Gasteiger partial charge in [0.15, 0.2) is 6.17 Å². The van der Waals surface area contributed by atoms with Gasteiger partial charge in [-0.3, -0.25) is 9.69 Å². The molecule has 34 heavy (non-hydrogen) atoms. The molecule has 11 heteroatoms. The summed E-state index contributed by atoms with van der Waals surface area (Å²) in [6.45, 7) is 13.3. The minimum Gasteiger partial charge on any atom is -0.461 e.